The predicted octanol–water partition coefficient (Wildman–Crippen LogP) is 13.6. The number of carbonyl (C=O) groups is 4. The molecule has 0 bridgehead atoms. The largest absolute Gasteiger partial charge is 1.00 e. The Morgan fingerprint density at radius 3 is 1.12 bits per heavy atom. The molecule has 0 spiro atoms. The van der Waals surface area contributed by atoms with Crippen molar-refractivity contribution in [2.24, 2.45) is 5.14 Å². The van der Waals surface area contributed by atoms with E-state index < -0.39 is 66.3 Å². The molecule has 4 aliphatic rings. The van der Waals surface area contributed by atoms with Gasteiger partial charge in [0.1, 0.15) is 19.8 Å². The van der Waals surface area contributed by atoms with Crippen LogP contribution >= 0.6 is 11.6 Å². The molecule has 4 aromatic carbocycles. The molecule has 598 valence electrons. The molecule has 0 unspecified atom stereocenters. The molecule has 2 amide bonds. The number of primary sulfonamides is 1. The van der Waals surface area contributed by atoms with Crippen LogP contribution in [0.3, 0.4) is 0 Å². The number of imide groups is 1. The van der Waals surface area contributed by atoms with Crippen LogP contribution in [0.25, 0.3) is 33.9 Å². The molecular weight excluding hydrogens is 1570 g/mol. The molecule has 2 aromatic heterocycles. The van der Waals surface area contributed by atoms with Crippen molar-refractivity contribution in [1.29, 1.82) is 0 Å². The molecular formula is C81H97ClF6K2N6O14S2. The number of nitrogens with two attached hydrogens (primary N) is 1. The molecule has 31 heteroatoms. The van der Waals surface area contributed by atoms with Crippen LogP contribution in [-0.2, 0) is 56.3 Å². The number of carbonyl (C=O) groups excluding carboxylic acids is 4. The van der Waals surface area contributed by atoms with Gasteiger partial charge in [-0.05, 0) is 266 Å². The second-order valence-corrected chi connectivity index (χ2v) is 30.9. The number of rotatable bonds is 15. The van der Waals surface area contributed by atoms with Gasteiger partial charge in [-0.15, -0.1) is 0 Å². The minimum absolute atomic E-state index is 0. The number of ether oxygens (including phenoxy) is 3. The number of alkyl halides is 6. The number of nitrogens with zero attached hydrogens (tertiary/aromatic N) is 5. The molecule has 0 atom stereocenters. The van der Waals surface area contributed by atoms with Crippen LogP contribution in [0, 0.1) is 27.7 Å². The van der Waals surface area contributed by atoms with Crippen molar-refractivity contribution in [1.82, 2.24) is 23.9 Å². The number of halogens is 7. The summed E-state index contributed by atoms with van der Waals surface area (Å²) in [6.07, 6.45) is 6.35. The summed E-state index contributed by atoms with van der Waals surface area (Å²) in [5.41, 5.74) is 17.0. The summed E-state index contributed by atoms with van der Waals surface area (Å²) >= 11 is 5.08. The number of benzene rings is 4. The van der Waals surface area contributed by atoms with Crippen LogP contribution in [0.1, 0.15) is 175 Å². The maximum Gasteiger partial charge on any atom is 1.00 e. The normalized spacial score (nSPS) is 14.1. The van der Waals surface area contributed by atoms with E-state index in [0.29, 0.717) is 49.0 Å². The summed E-state index contributed by atoms with van der Waals surface area (Å²) in [7, 11) is -8.82. The first-order valence-corrected chi connectivity index (χ1v) is 38.1. The number of hydrogen-bond acceptors (Lipinski definition) is 16. The third-order valence-corrected chi connectivity index (χ3v) is 21.1. The van der Waals surface area contributed by atoms with E-state index in [1.165, 1.54) is 86.6 Å². The third-order valence-electron chi connectivity index (χ3n) is 18.4. The minimum atomic E-state index is -4.92. The van der Waals surface area contributed by atoms with Crippen LogP contribution in [-0.4, -0.2) is 96.3 Å². The van der Waals surface area contributed by atoms with E-state index in [0.717, 1.165) is 113 Å². The van der Waals surface area contributed by atoms with Gasteiger partial charge in [0.05, 0.1) is 39.2 Å². The monoisotopic (exact) mass is 1670 g/mol. The summed E-state index contributed by atoms with van der Waals surface area (Å²) in [5, 5.41) is 29.8. The average Bonchev–Trinajstić information content (AvgIpc) is 1.42. The number of aliphatic hydroxyl groups excluding tert-OH is 1. The Morgan fingerprint density at radius 1 is 0.536 bits per heavy atom. The molecule has 20 nitrogen and oxygen atoms in total. The number of hydrogen-bond donors (Lipinski definition) is 2. The zero-order valence-corrected chi connectivity index (χ0v) is 73.6. The van der Waals surface area contributed by atoms with Gasteiger partial charge < -0.3 is 30.9 Å². The molecule has 112 heavy (non-hydrogen) atoms. The molecule has 10 rings (SSSR count). The van der Waals surface area contributed by atoms with E-state index in [9.17, 15) is 57.6 Å². The van der Waals surface area contributed by atoms with E-state index in [1.54, 1.807) is 37.6 Å². The Hall–Kier alpha value is -6.18. The Kier molecular flexibility index (Phi) is 41.0. The van der Waals surface area contributed by atoms with Crippen molar-refractivity contribution in [3.05, 3.63) is 222 Å². The summed E-state index contributed by atoms with van der Waals surface area (Å²) in [6.45, 7) is 23.9. The number of aromatic nitrogens is 4. The van der Waals surface area contributed by atoms with Gasteiger partial charge in [0.2, 0.25) is 10.0 Å². The van der Waals surface area contributed by atoms with Crippen molar-refractivity contribution in [3.8, 4) is 33.9 Å². The zero-order valence-electron chi connectivity index (χ0n) is 66.0. The molecule has 0 fully saturated rings. The fourth-order valence-electron chi connectivity index (χ4n) is 11.8. The van der Waals surface area contributed by atoms with Gasteiger partial charge in [0.25, 0.3) is 16.5 Å². The van der Waals surface area contributed by atoms with Crippen LogP contribution in [0.15, 0.2) is 198 Å². The first-order valence-electron chi connectivity index (χ1n) is 34.8. The number of amides is 2. The molecule has 0 radical (unpaired) electrons. The maximum absolute atomic E-state index is 14.0. The first-order chi connectivity index (χ1) is 51.2. The molecule has 4 aliphatic carbocycles. The third kappa shape index (κ3) is 29.8. The SMILES string of the molecule is C.CC(C)=C1CC=C(CO)CC1.CC(C)=C1CC=C(COC(=O)Cl)CC1.CC(C)=C1CC=C(COC(=O)N(C(=O)OCC2=CCC(=C(C)C)CC2)S(=O)(=O)c2ccc(-n3nc(C(F)(F)F)cc3-c3cc(C)ccc3C)cc2)CC1.Cc1ccc(C)c(-c2cc(C(F)(F)F)nn2-c2ccc(S(N)(=O)=O)cc2)c1.O=CO[O-].[H-].[K+].[K+]. The maximum atomic E-state index is 14.0. The fourth-order valence-corrected chi connectivity index (χ4v) is 13.6. The van der Waals surface area contributed by atoms with E-state index in [1.807, 2.05) is 71.9 Å². The molecule has 0 saturated heterocycles. The van der Waals surface area contributed by atoms with E-state index in [4.69, 9.17) is 46.1 Å². The Bertz CT molecular complexity index is 4740. The zero-order chi connectivity index (χ0) is 80.9. The molecule has 6 aromatic rings. The molecule has 2 heterocycles. The van der Waals surface area contributed by atoms with E-state index in [2.05, 4.69) is 54.9 Å². The molecule has 0 aliphatic heterocycles. The van der Waals surface area contributed by atoms with E-state index >= 15 is 0 Å². The summed E-state index contributed by atoms with van der Waals surface area (Å²) in [6, 6.07) is 22.6. The van der Waals surface area contributed by atoms with E-state index in [-0.39, 0.29) is 170 Å². The van der Waals surface area contributed by atoms with Crippen molar-refractivity contribution >= 4 is 55.7 Å². The van der Waals surface area contributed by atoms with Crippen molar-refractivity contribution in [3.63, 3.8) is 0 Å². The van der Waals surface area contributed by atoms with Crippen molar-refractivity contribution in [2.45, 2.75) is 190 Å². The average molecular weight is 1670 g/mol. The smallest absolute Gasteiger partial charge is 1.00 e. The van der Waals surface area contributed by atoms with Crippen LogP contribution < -0.4 is 113 Å². The Balaban J connectivity index is 0.000000594. The topological polar surface area (TPSA) is 282 Å². The van der Waals surface area contributed by atoms with Gasteiger partial charge in [-0.3, -0.25) is 4.79 Å². The number of allylic oxidation sites excluding steroid dienone is 12. The van der Waals surface area contributed by atoms with Gasteiger partial charge >= 0.3 is 133 Å². The summed E-state index contributed by atoms with van der Waals surface area (Å²) < 4.78 is 150. The minimum Gasteiger partial charge on any atom is -1.00 e. The van der Waals surface area contributed by atoms with Crippen molar-refractivity contribution < 1.29 is 196 Å². The Labute approximate surface area is 744 Å². The van der Waals surface area contributed by atoms with Crippen molar-refractivity contribution in [2.75, 3.05) is 26.4 Å². The quantitative estimate of drug-likeness (QED) is 0.0141. The standard InChI is InChI=1S/C40H44F3N3O6S.C18H16F3N3O2S.C11H15ClO2.C10H16O.CH2O3.CH4.2K.H/c1-25(2)31-13-9-29(10-14-31)23-51-38(47)46(39(48)52-24-30-11-15-32(16-12-30)26(3)4)53(49,50)34-19-17-33(18-20-34)45-36(22-37(44-45)40(41,42)43)35-21-27(5)7-8-28(35)6;1-11-3-4-12(2)15(9-11)16-10-17(18(19,20)21)23-24(16)13-5-7-14(8-6-13)27(22,25)26;1-8(2)10-5-3-9(4-6-10)7-14-11(12)13;1-8(2)10-5-3-9(7-11)4-6-10;2-1-4-3;;;;/h7-9,11,17-22H,10,12-16,23-24H2,1-6H3;3-10H,1-2H3,(H2,22,25,26);3H,4-7H2,1-2H3;3,11H,4-7H2,1-2H3;1,3H;1H4;;;/q;;;;;;2*+1;-1/p-1. The van der Waals surface area contributed by atoms with Crippen LogP contribution in [0.5, 0.6) is 0 Å². The van der Waals surface area contributed by atoms with Gasteiger partial charge in [-0.2, -0.15) is 36.5 Å². The number of aryl methyl sites for hydroxylation is 4. The van der Waals surface area contributed by atoms with Gasteiger partial charge in [-0.25, -0.2) is 45.7 Å². The van der Waals surface area contributed by atoms with Gasteiger partial charge in [-0.1, -0.05) is 116 Å². The Morgan fingerprint density at radius 2 is 0.848 bits per heavy atom. The number of sulfonamides is 2. The predicted molar refractivity (Wildman–Crippen MR) is 411 cm³/mol. The first kappa shape index (κ1) is 100. The second-order valence-electron chi connectivity index (χ2n) is 27.3. The summed E-state index contributed by atoms with van der Waals surface area (Å²) in [5.74, 6) is 0. The molecule has 0 saturated carbocycles. The molecule has 3 N–H and O–H groups in total. The van der Waals surface area contributed by atoms with Gasteiger partial charge in [0, 0.05) is 22.7 Å². The second kappa shape index (κ2) is 45.9. The van der Waals surface area contributed by atoms with Crippen LogP contribution in [0.2, 0.25) is 0 Å². The van der Waals surface area contributed by atoms with Gasteiger partial charge in [0.15, 0.2) is 11.4 Å². The number of aliphatic hydroxyl groups is 1. The van der Waals surface area contributed by atoms with Crippen LogP contribution in [0.4, 0.5) is 40.7 Å². The fraction of sp³-hybridized carbons (Fsp3) is 0.383. The summed E-state index contributed by atoms with van der Waals surface area (Å²) in [4.78, 5) is 48.0.